The lowest BCUT2D eigenvalue weighted by Crippen LogP contribution is -2.39. The molecule has 2 amide bonds. The number of benzene rings is 2. The molecule has 4 rings (SSSR count). The third-order valence-corrected chi connectivity index (χ3v) is 5.42. The Morgan fingerprint density at radius 2 is 1.55 bits per heavy atom. The molecule has 31 heavy (non-hydrogen) atoms. The molecule has 7 heteroatoms. The largest absolute Gasteiger partial charge is 0.368 e. The quantitative estimate of drug-likeness (QED) is 0.641. The van der Waals surface area contributed by atoms with Crippen LogP contribution in [0.4, 0.5) is 11.5 Å². The predicted octanol–water partition coefficient (Wildman–Crippen LogP) is 3.69. The predicted molar refractivity (Wildman–Crippen MR) is 120 cm³/mol. The average molecular weight is 415 g/mol. The summed E-state index contributed by atoms with van der Waals surface area (Å²) in [6.45, 7) is 2.27. The lowest BCUT2D eigenvalue weighted by atomic mass is 9.96. The Hall–Kier alpha value is -3.74. The fraction of sp³-hybridized carbons (Fsp3) is 0.250. The average Bonchev–Trinajstić information content (AvgIpc) is 2.84. The smallest absolute Gasteiger partial charge is 0.276 e. The van der Waals surface area contributed by atoms with E-state index in [1.165, 1.54) is 0 Å². The van der Waals surface area contributed by atoms with E-state index < -0.39 is 0 Å². The first kappa shape index (κ1) is 20.5. The SMILES string of the molecule is O=C(Nc1ccccc1)c1ccc(NCC2CCN(C(=O)c3ccccc3)CC2)nn1. The molecule has 158 valence electrons. The van der Waals surface area contributed by atoms with Crippen LogP contribution in [0, 0.1) is 5.92 Å². The van der Waals surface area contributed by atoms with Crippen molar-refractivity contribution < 1.29 is 9.59 Å². The highest BCUT2D eigenvalue weighted by molar-refractivity contribution is 6.02. The first-order valence-corrected chi connectivity index (χ1v) is 10.5. The second kappa shape index (κ2) is 9.84. The molecule has 2 N–H and O–H groups in total. The standard InChI is InChI=1S/C24H25N5O2/c30-23(26-20-9-5-2-6-10-20)21-11-12-22(28-27-21)25-17-18-13-15-29(16-14-18)24(31)19-7-3-1-4-8-19/h1-12,18H,13-17H2,(H,25,28)(H,26,30). The van der Waals surface area contributed by atoms with Gasteiger partial charge in [-0.1, -0.05) is 36.4 Å². The summed E-state index contributed by atoms with van der Waals surface area (Å²) >= 11 is 0. The van der Waals surface area contributed by atoms with Gasteiger partial charge in [0.15, 0.2) is 5.69 Å². The van der Waals surface area contributed by atoms with Crippen molar-refractivity contribution in [2.75, 3.05) is 30.3 Å². The van der Waals surface area contributed by atoms with E-state index in [4.69, 9.17) is 0 Å². The van der Waals surface area contributed by atoms with Gasteiger partial charge in [-0.15, -0.1) is 10.2 Å². The highest BCUT2D eigenvalue weighted by Crippen LogP contribution is 2.19. The van der Waals surface area contributed by atoms with Gasteiger partial charge in [-0.3, -0.25) is 9.59 Å². The number of para-hydroxylation sites is 1. The first-order valence-electron chi connectivity index (χ1n) is 10.5. The molecule has 0 radical (unpaired) electrons. The number of carbonyl (C=O) groups excluding carboxylic acids is 2. The van der Waals surface area contributed by atoms with Crippen molar-refractivity contribution in [1.82, 2.24) is 15.1 Å². The lowest BCUT2D eigenvalue weighted by molar-refractivity contribution is 0.0694. The van der Waals surface area contributed by atoms with Crippen LogP contribution >= 0.6 is 0 Å². The molecule has 0 aliphatic carbocycles. The van der Waals surface area contributed by atoms with Crippen molar-refractivity contribution in [3.05, 3.63) is 84.1 Å². The molecule has 0 spiro atoms. The van der Waals surface area contributed by atoms with Crippen molar-refractivity contribution >= 4 is 23.3 Å². The van der Waals surface area contributed by atoms with Gasteiger partial charge in [-0.25, -0.2) is 0 Å². The second-order valence-corrected chi connectivity index (χ2v) is 7.61. The highest BCUT2D eigenvalue weighted by Gasteiger charge is 2.23. The topological polar surface area (TPSA) is 87.2 Å². The summed E-state index contributed by atoms with van der Waals surface area (Å²) in [4.78, 5) is 26.7. The number of nitrogens with one attached hydrogen (secondary N) is 2. The van der Waals surface area contributed by atoms with Crippen molar-refractivity contribution in [1.29, 1.82) is 0 Å². The molecule has 7 nitrogen and oxygen atoms in total. The summed E-state index contributed by atoms with van der Waals surface area (Å²) in [5.41, 5.74) is 1.72. The van der Waals surface area contributed by atoms with E-state index in [9.17, 15) is 9.59 Å². The number of rotatable bonds is 6. The maximum atomic E-state index is 12.5. The molecule has 1 saturated heterocycles. The summed E-state index contributed by atoms with van der Waals surface area (Å²) in [6.07, 6.45) is 1.88. The minimum absolute atomic E-state index is 0.0993. The molecule has 0 unspecified atom stereocenters. The van der Waals surface area contributed by atoms with Crippen molar-refractivity contribution in [3.63, 3.8) is 0 Å². The third-order valence-electron chi connectivity index (χ3n) is 5.42. The Labute approximate surface area is 181 Å². The summed E-state index contributed by atoms with van der Waals surface area (Å²) in [6, 6.07) is 22.1. The lowest BCUT2D eigenvalue weighted by Gasteiger charge is -2.32. The van der Waals surface area contributed by atoms with Gasteiger partial charge in [0.25, 0.3) is 11.8 Å². The van der Waals surface area contributed by atoms with Crippen LogP contribution in [-0.4, -0.2) is 46.5 Å². The molecule has 1 fully saturated rings. The Morgan fingerprint density at radius 1 is 0.871 bits per heavy atom. The minimum Gasteiger partial charge on any atom is -0.368 e. The third kappa shape index (κ3) is 5.45. The number of likely N-dealkylation sites (tertiary alicyclic amines) is 1. The number of amides is 2. The Morgan fingerprint density at radius 3 is 2.19 bits per heavy atom. The molecule has 0 saturated carbocycles. The number of hydrogen-bond acceptors (Lipinski definition) is 5. The van der Waals surface area contributed by atoms with Crippen LogP contribution in [-0.2, 0) is 0 Å². The zero-order valence-electron chi connectivity index (χ0n) is 17.2. The zero-order chi connectivity index (χ0) is 21.5. The summed E-state index contributed by atoms with van der Waals surface area (Å²) < 4.78 is 0. The number of anilines is 2. The molecule has 3 aromatic rings. The highest BCUT2D eigenvalue weighted by atomic mass is 16.2. The molecule has 0 bridgehead atoms. The fourth-order valence-corrected chi connectivity index (χ4v) is 3.62. The van der Waals surface area contributed by atoms with Crippen LogP contribution < -0.4 is 10.6 Å². The van der Waals surface area contributed by atoms with Crippen molar-refractivity contribution in [2.24, 2.45) is 5.92 Å². The van der Waals surface area contributed by atoms with Crippen LogP contribution in [0.2, 0.25) is 0 Å². The van der Waals surface area contributed by atoms with E-state index in [-0.39, 0.29) is 17.5 Å². The van der Waals surface area contributed by atoms with Crippen LogP contribution in [0.1, 0.15) is 33.7 Å². The maximum absolute atomic E-state index is 12.5. The molecule has 1 aromatic heterocycles. The van der Waals surface area contributed by atoms with Gasteiger partial charge in [-0.05, 0) is 55.2 Å². The van der Waals surface area contributed by atoms with Gasteiger partial charge in [0.1, 0.15) is 5.82 Å². The second-order valence-electron chi connectivity index (χ2n) is 7.61. The molecular formula is C24H25N5O2. The molecule has 1 aliphatic rings. The van der Waals surface area contributed by atoms with E-state index in [0.29, 0.717) is 17.4 Å². The van der Waals surface area contributed by atoms with E-state index in [1.807, 2.05) is 65.6 Å². The fourth-order valence-electron chi connectivity index (χ4n) is 3.62. The summed E-state index contributed by atoms with van der Waals surface area (Å²) in [5.74, 6) is 0.907. The molecule has 0 atom stereocenters. The van der Waals surface area contributed by atoms with E-state index in [0.717, 1.165) is 38.0 Å². The molecule has 2 heterocycles. The van der Waals surface area contributed by atoms with Gasteiger partial charge < -0.3 is 15.5 Å². The van der Waals surface area contributed by atoms with Gasteiger partial charge in [0.2, 0.25) is 0 Å². The number of hydrogen-bond donors (Lipinski definition) is 2. The zero-order valence-corrected chi connectivity index (χ0v) is 17.2. The minimum atomic E-state index is -0.291. The Bertz CT molecular complexity index is 1000. The number of piperidine rings is 1. The number of nitrogens with zero attached hydrogens (tertiary/aromatic N) is 3. The Balaban J connectivity index is 1.23. The molecule has 2 aromatic carbocycles. The van der Waals surface area contributed by atoms with Crippen molar-refractivity contribution in [3.8, 4) is 0 Å². The van der Waals surface area contributed by atoms with E-state index in [1.54, 1.807) is 12.1 Å². The number of aromatic nitrogens is 2. The van der Waals surface area contributed by atoms with Crippen LogP contribution in [0.15, 0.2) is 72.8 Å². The van der Waals surface area contributed by atoms with Gasteiger partial charge >= 0.3 is 0 Å². The monoisotopic (exact) mass is 415 g/mol. The van der Waals surface area contributed by atoms with Crippen LogP contribution in [0.3, 0.4) is 0 Å². The van der Waals surface area contributed by atoms with E-state index in [2.05, 4.69) is 20.8 Å². The van der Waals surface area contributed by atoms with Crippen LogP contribution in [0.5, 0.6) is 0 Å². The summed E-state index contributed by atoms with van der Waals surface area (Å²) in [5, 5.41) is 14.2. The molecular weight excluding hydrogens is 390 g/mol. The normalized spacial score (nSPS) is 14.1. The van der Waals surface area contributed by atoms with Gasteiger partial charge in [-0.2, -0.15) is 0 Å². The van der Waals surface area contributed by atoms with Gasteiger partial charge in [0, 0.05) is 30.9 Å². The maximum Gasteiger partial charge on any atom is 0.276 e. The van der Waals surface area contributed by atoms with Crippen LogP contribution in [0.25, 0.3) is 0 Å². The first-order chi connectivity index (χ1) is 15.2. The van der Waals surface area contributed by atoms with E-state index >= 15 is 0 Å². The van der Waals surface area contributed by atoms with Crippen molar-refractivity contribution in [2.45, 2.75) is 12.8 Å². The molecule has 1 aliphatic heterocycles. The Kier molecular flexibility index (Phi) is 6.52. The van der Waals surface area contributed by atoms with Gasteiger partial charge in [0.05, 0.1) is 0 Å². The number of carbonyl (C=O) groups is 2. The summed E-state index contributed by atoms with van der Waals surface area (Å²) in [7, 11) is 0.